The number of carbonyl (C=O) groups excluding carboxylic acids is 3. The molecule has 3 rings (SSSR count). The lowest BCUT2D eigenvalue weighted by molar-refractivity contribution is -0.127. The summed E-state index contributed by atoms with van der Waals surface area (Å²) in [7, 11) is 0. The number of ketones is 1. The maximum absolute atomic E-state index is 12.6. The lowest BCUT2D eigenvalue weighted by Gasteiger charge is -2.24. The first-order valence-corrected chi connectivity index (χ1v) is 10.4. The van der Waals surface area contributed by atoms with Gasteiger partial charge in [-0.1, -0.05) is 12.1 Å². The Bertz CT molecular complexity index is 838. The van der Waals surface area contributed by atoms with Crippen LogP contribution in [0.5, 0.6) is 0 Å². The summed E-state index contributed by atoms with van der Waals surface area (Å²) in [6.45, 7) is 7.37. The van der Waals surface area contributed by atoms with Crippen LogP contribution in [0.3, 0.4) is 0 Å². The van der Waals surface area contributed by atoms with Crippen molar-refractivity contribution in [1.29, 1.82) is 0 Å². The van der Waals surface area contributed by atoms with Crippen molar-refractivity contribution >= 4 is 23.5 Å². The van der Waals surface area contributed by atoms with Crippen molar-refractivity contribution in [1.82, 2.24) is 5.32 Å². The van der Waals surface area contributed by atoms with Crippen molar-refractivity contribution in [3.05, 3.63) is 41.7 Å². The van der Waals surface area contributed by atoms with Crippen LogP contribution in [0.1, 0.15) is 52.5 Å². The SMILES string of the molecule is CC(Cc1ccc(NC(=O)C2=COC3CCCC(=O)C23)cc1)NC(=O)OC(C)(C)C. The van der Waals surface area contributed by atoms with Crippen molar-refractivity contribution in [2.45, 2.75) is 71.1 Å². The molecule has 3 atom stereocenters. The highest BCUT2D eigenvalue weighted by Gasteiger charge is 2.42. The van der Waals surface area contributed by atoms with Gasteiger partial charge in [-0.05, 0) is 64.7 Å². The number of Topliss-reactive ketones (excluding diaryl/α,β-unsaturated/α-hetero) is 1. The van der Waals surface area contributed by atoms with Gasteiger partial charge in [-0.25, -0.2) is 4.79 Å². The van der Waals surface area contributed by atoms with Gasteiger partial charge in [-0.3, -0.25) is 9.59 Å². The van der Waals surface area contributed by atoms with Gasteiger partial charge in [0.1, 0.15) is 17.5 Å². The molecule has 7 nitrogen and oxygen atoms in total. The Kier molecular flexibility index (Phi) is 6.48. The van der Waals surface area contributed by atoms with E-state index >= 15 is 0 Å². The average molecular weight is 415 g/mol. The van der Waals surface area contributed by atoms with Crippen molar-refractivity contribution in [3.63, 3.8) is 0 Å². The summed E-state index contributed by atoms with van der Waals surface area (Å²) < 4.78 is 10.8. The number of rotatable bonds is 5. The predicted molar refractivity (Wildman–Crippen MR) is 113 cm³/mol. The van der Waals surface area contributed by atoms with Crippen molar-refractivity contribution in [2.24, 2.45) is 5.92 Å². The molecule has 0 spiro atoms. The van der Waals surface area contributed by atoms with E-state index in [2.05, 4.69) is 10.6 Å². The number of amides is 2. The van der Waals surface area contributed by atoms with Gasteiger partial charge in [0.25, 0.3) is 5.91 Å². The predicted octanol–water partition coefficient (Wildman–Crippen LogP) is 3.73. The quantitative estimate of drug-likeness (QED) is 0.766. The maximum atomic E-state index is 12.6. The Balaban J connectivity index is 1.53. The molecular weight excluding hydrogens is 384 g/mol. The first-order chi connectivity index (χ1) is 14.1. The lowest BCUT2D eigenvalue weighted by atomic mass is 9.81. The molecule has 162 valence electrons. The van der Waals surface area contributed by atoms with Gasteiger partial charge in [0.15, 0.2) is 0 Å². The molecule has 1 aliphatic heterocycles. The Hall–Kier alpha value is -2.83. The fourth-order valence-corrected chi connectivity index (χ4v) is 3.80. The second-order valence-electron chi connectivity index (χ2n) is 8.99. The van der Waals surface area contributed by atoms with E-state index in [0.717, 1.165) is 18.4 Å². The largest absolute Gasteiger partial charge is 0.496 e. The molecule has 0 aromatic heterocycles. The fourth-order valence-electron chi connectivity index (χ4n) is 3.80. The molecule has 1 aromatic rings. The van der Waals surface area contributed by atoms with E-state index in [1.54, 1.807) is 0 Å². The molecule has 2 aliphatic rings. The minimum atomic E-state index is -0.536. The maximum Gasteiger partial charge on any atom is 0.407 e. The molecule has 1 aromatic carbocycles. The van der Waals surface area contributed by atoms with Gasteiger partial charge >= 0.3 is 6.09 Å². The molecule has 3 unspecified atom stereocenters. The van der Waals surface area contributed by atoms with Crippen LogP contribution >= 0.6 is 0 Å². The molecule has 1 saturated carbocycles. The smallest absolute Gasteiger partial charge is 0.407 e. The molecule has 30 heavy (non-hydrogen) atoms. The highest BCUT2D eigenvalue weighted by molar-refractivity contribution is 6.08. The number of carbonyl (C=O) groups is 3. The average Bonchev–Trinajstić information content (AvgIpc) is 3.07. The van der Waals surface area contributed by atoms with E-state index in [1.807, 2.05) is 52.0 Å². The van der Waals surface area contributed by atoms with Gasteiger partial charge < -0.3 is 20.1 Å². The first kappa shape index (κ1) is 21.9. The third-order valence-electron chi connectivity index (χ3n) is 5.11. The second-order valence-corrected chi connectivity index (χ2v) is 8.99. The fraction of sp³-hybridized carbons (Fsp3) is 0.522. The molecule has 7 heteroatoms. The summed E-state index contributed by atoms with van der Waals surface area (Å²) in [5.74, 6) is -0.671. The van der Waals surface area contributed by atoms with Gasteiger partial charge in [-0.15, -0.1) is 0 Å². The Morgan fingerprint density at radius 3 is 2.60 bits per heavy atom. The Morgan fingerprint density at radius 2 is 1.93 bits per heavy atom. The summed E-state index contributed by atoms with van der Waals surface area (Å²) >= 11 is 0. The van der Waals surface area contributed by atoms with E-state index < -0.39 is 17.6 Å². The molecule has 2 amide bonds. The summed E-state index contributed by atoms with van der Waals surface area (Å²) in [5, 5.41) is 5.66. The standard InChI is InChI=1S/C23H30N2O5/c1-14(24-22(28)30-23(2,3)4)12-15-8-10-16(11-9-15)25-21(27)17-13-29-19-7-5-6-18(26)20(17)19/h8-11,13-14,19-20H,5-7,12H2,1-4H3,(H,24,28)(H,25,27). The molecule has 1 aliphatic carbocycles. The van der Waals surface area contributed by atoms with Crippen LogP contribution < -0.4 is 10.6 Å². The van der Waals surface area contributed by atoms with Crippen LogP contribution in [0, 0.1) is 5.92 Å². The topological polar surface area (TPSA) is 93.7 Å². The third kappa shape index (κ3) is 5.62. The number of hydrogen-bond acceptors (Lipinski definition) is 5. The van der Waals surface area contributed by atoms with E-state index in [-0.39, 0.29) is 23.8 Å². The molecule has 2 N–H and O–H groups in total. The van der Waals surface area contributed by atoms with Crippen molar-refractivity contribution in [2.75, 3.05) is 5.32 Å². The van der Waals surface area contributed by atoms with E-state index in [1.165, 1.54) is 6.26 Å². The zero-order valence-corrected chi connectivity index (χ0v) is 18.0. The Morgan fingerprint density at radius 1 is 1.23 bits per heavy atom. The normalized spacial score (nSPS) is 21.7. The van der Waals surface area contributed by atoms with Gasteiger partial charge in [0, 0.05) is 18.2 Å². The van der Waals surface area contributed by atoms with Gasteiger partial charge in [0.2, 0.25) is 0 Å². The van der Waals surface area contributed by atoms with Crippen LogP contribution in [0.15, 0.2) is 36.1 Å². The van der Waals surface area contributed by atoms with E-state index in [4.69, 9.17) is 9.47 Å². The number of hydrogen-bond donors (Lipinski definition) is 2. The molecule has 1 heterocycles. The summed E-state index contributed by atoms with van der Waals surface area (Å²) in [6, 6.07) is 7.32. The van der Waals surface area contributed by atoms with E-state index in [9.17, 15) is 14.4 Å². The summed E-state index contributed by atoms with van der Waals surface area (Å²) in [5.41, 5.74) is 1.53. The molecule has 0 radical (unpaired) electrons. The van der Waals surface area contributed by atoms with Crippen LogP contribution in [0.2, 0.25) is 0 Å². The second kappa shape index (κ2) is 8.90. The molecule has 1 fully saturated rings. The lowest BCUT2D eigenvalue weighted by Crippen LogP contribution is -2.38. The van der Waals surface area contributed by atoms with Gasteiger partial charge in [0.05, 0.1) is 17.8 Å². The number of anilines is 1. The number of fused-ring (bicyclic) bond motifs is 1. The number of benzene rings is 1. The van der Waals surface area contributed by atoms with Crippen molar-refractivity contribution in [3.8, 4) is 0 Å². The van der Waals surface area contributed by atoms with Gasteiger partial charge in [-0.2, -0.15) is 0 Å². The molecular formula is C23H30N2O5. The monoisotopic (exact) mass is 414 g/mol. The third-order valence-corrected chi connectivity index (χ3v) is 5.11. The highest BCUT2D eigenvalue weighted by atomic mass is 16.6. The first-order valence-electron chi connectivity index (χ1n) is 10.4. The van der Waals surface area contributed by atoms with E-state index in [0.29, 0.717) is 24.1 Å². The minimum Gasteiger partial charge on any atom is -0.496 e. The van der Waals surface area contributed by atoms with Crippen molar-refractivity contribution < 1.29 is 23.9 Å². The summed E-state index contributed by atoms with van der Waals surface area (Å²) in [4.78, 5) is 36.7. The molecule has 0 saturated heterocycles. The number of ether oxygens (including phenoxy) is 2. The van der Waals surface area contributed by atoms with Crippen LogP contribution in [-0.2, 0) is 25.5 Å². The molecule has 0 bridgehead atoms. The van der Waals surface area contributed by atoms with Crippen LogP contribution in [0.4, 0.5) is 10.5 Å². The summed E-state index contributed by atoms with van der Waals surface area (Å²) in [6.07, 6.45) is 3.53. The number of alkyl carbamates (subject to hydrolysis) is 1. The highest BCUT2D eigenvalue weighted by Crippen LogP contribution is 2.35. The zero-order chi connectivity index (χ0) is 21.9. The zero-order valence-electron chi connectivity index (χ0n) is 18.0. The number of nitrogens with one attached hydrogen (secondary N) is 2. The van der Waals surface area contributed by atoms with Crippen LogP contribution in [0.25, 0.3) is 0 Å². The minimum absolute atomic E-state index is 0.0759. The Labute approximate surface area is 177 Å². The van der Waals surface area contributed by atoms with Crippen LogP contribution in [-0.4, -0.2) is 35.5 Å².